The number of nitrogens with zero attached hydrogens (tertiary/aromatic N) is 1. The molecule has 5 rings (SSSR count). The topological polar surface area (TPSA) is 80.3 Å². The van der Waals surface area contributed by atoms with E-state index in [0.29, 0.717) is 12.8 Å². The van der Waals surface area contributed by atoms with Crippen molar-refractivity contribution in [2.24, 2.45) is 0 Å². The minimum Gasteiger partial charge on any atom is -0.497 e. The molecule has 0 radical (unpaired) electrons. The van der Waals surface area contributed by atoms with Crippen LogP contribution in [0.3, 0.4) is 0 Å². The Morgan fingerprint density at radius 3 is 2.77 bits per heavy atom. The van der Waals surface area contributed by atoms with Crippen LogP contribution < -0.4 is 10.1 Å². The Hall–Kier alpha value is -2.61. The van der Waals surface area contributed by atoms with Crippen LogP contribution in [-0.2, 0) is 14.3 Å². The van der Waals surface area contributed by atoms with Crippen LogP contribution in [-0.4, -0.2) is 54.4 Å². The SMILES string of the molecule is COc1ccc2c(c1)[C@H](N1CCCC1=O)C[C@H]([C@@H]1O[C@H](c3ccccc3)OC[C@H]1O)N2. The number of fused-ring (bicyclic) bond motifs is 1. The maximum absolute atomic E-state index is 12.6. The van der Waals surface area contributed by atoms with Gasteiger partial charge < -0.3 is 29.5 Å². The van der Waals surface area contributed by atoms with E-state index in [1.165, 1.54) is 0 Å². The molecular weight excluding hydrogens is 396 g/mol. The van der Waals surface area contributed by atoms with Gasteiger partial charge in [0.2, 0.25) is 5.91 Å². The number of hydrogen-bond acceptors (Lipinski definition) is 6. The fourth-order valence-corrected chi connectivity index (χ4v) is 4.91. The average molecular weight is 424 g/mol. The van der Waals surface area contributed by atoms with E-state index < -0.39 is 18.5 Å². The lowest BCUT2D eigenvalue weighted by Crippen LogP contribution is -2.53. The van der Waals surface area contributed by atoms with Crippen LogP contribution in [0.1, 0.15) is 42.7 Å². The van der Waals surface area contributed by atoms with Gasteiger partial charge in [-0.05, 0) is 31.0 Å². The molecule has 7 nitrogen and oxygen atoms in total. The van der Waals surface area contributed by atoms with Crippen molar-refractivity contribution in [2.45, 2.75) is 49.8 Å². The van der Waals surface area contributed by atoms with E-state index >= 15 is 0 Å². The van der Waals surface area contributed by atoms with Gasteiger partial charge in [-0.2, -0.15) is 0 Å². The highest BCUT2D eigenvalue weighted by molar-refractivity contribution is 5.79. The number of carbonyl (C=O) groups is 1. The summed E-state index contributed by atoms with van der Waals surface area (Å²) in [5, 5.41) is 14.3. The predicted molar refractivity (Wildman–Crippen MR) is 115 cm³/mol. The minimum absolute atomic E-state index is 0.0832. The number of hydrogen-bond donors (Lipinski definition) is 2. The zero-order valence-corrected chi connectivity index (χ0v) is 17.6. The molecule has 3 heterocycles. The zero-order valence-electron chi connectivity index (χ0n) is 17.6. The van der Waals surface area contributed by atoms with Gasteiger partial charge in [0.05, 0.1) is 25.8 Å². The molecule has 1 amide bonds. The lowest BCUT2D eigenvalue weighted by molar-refractivity contribution is -0.260. The molecule has 0 aliphatic carbocycles. The molecule has 31 heavy (non-hydrogen) atoms. The molecule has 164 valence electrons. The van der Waals surface area contributed by atoms with Gasteiger partial charge in [0.15, 0.2) is 6.29 Å². The van der Waals surface area contributed by atoms with Crippen LogP contribution in [0.25, 0.3) is 0 Å². The number of anilines is 1. The molecule has 5 atom stereocenters. The van der Waals surface area contributed by atoms with Crippen LogP contribution in [0.4, 0.5) is 5.69 Å². The van der Waals surface area contributed by atoms with E-state index in [1.807, 2.05) is 53.4 Å². The van der Waals surface area contributed by atoms with Gasteiger partial charge in [-0.15, -0.1) is 0 Å². The Morgan fingerprint density at radius 1 is 1.19 bits per heavy atom. The number of ether oxygens (including phenoxy) is 3. The van der Waals surface area contributed by atoms with Gasteiger partial charge in [0.1, 0.15) is 18.0 Å². The first-order chi connectivity index (χ1) is 15.1. The second-order valence-electron chi connectivity index (χ2n) is 8.39. The van der Waals surface area contributed by atoms with E-state index in [-0.39, 0.29) is 24.6 Å². The maximum atomic E-state index is 12.6. The third-order valence-electron chi connectivity index (χ3n) is 6.47. The molecule has 2 aromatic rings. The van der Waals surface area contributed by atoms with Crippen LogP contribution in [0.15, 0.2) is 48.5 Å². The summed E-state index contributed by atoms with van der Waals surface area (Å²) in [4.78, 5) is 14.6. The lowest BCUT2D eigenvalue weighted by atomic mass is 9.87. The number of carbonyl (C=O) groups excluding carboxylic acids is 1. The third-order valence-corrected chi connectivity index (χ3v) is 6.47. The number of rotatable bonds is 4. The molecule has 0 bridgehead atoms. The first-order valence-corrected chi connectivity index (χ1v) is 10.9. The Bertz CT molecular complexity index is 937. The number of aliphatic hydroxyl groups is 1. The highest BCUT2D eigenvalue weighted by Crippen LogP contribution is 2.42. The van der Waals surface area contributed by atoms with Gasteiger partial charge in [-0.25, -0.2) is 0 Å². The summed E-state index contributed by atoms with van der Waals surface area (Å²) in [5.74, 6) is 0.942. The van der Waals surface area contributed by atoms with Crippen molar-refractivity contribution >= 4 is 11.6 Å². The average Bonchev–Trinajstić information content (AvgIpc) is 3.24. The van der Waals surface area contributed by atoms with Gasteiger partial charge in [-0.3, -0.25) is 4.79 Å². The molecule has 0 aromatic heterocycles. The molecule has 2 N–H and O–H groups in total. The predicted octanol–water partition coefficient (Wildman–Crippen LogP) is 3.02. The van der Waals surface area contributed by atoms with E-state index in [1.54, 1.807) is 7.11 Å². The van der Waals surface area contributed by atoms with Crippen LogP contribution in [0.5, 0.6) is 5.75 Å². The number of methoxy groups -OCH3 is 1. The standard InChI is InChI=1S/C24H28N2O5/c1-29-16-9-10-18-17(12-16)20(26-11-5-8-22(26)28)13-19(25-18)23-21(27)14-30-24(31-23)15-6-3-2-4-7-15/h2-4,6-7,9-10,12,19-21,23-25,27H,5,8,11,13-14H2,1H3/t19-,20-,21-,23+,24-/m1/s1. The van der Waals surface area contributed by atoms with Crippen molar-refractivity contribution < 1.29 is 24.1 Å². The molecule has 0 unspecified atom stereocenters. The summed E-state index contributed by atoms with van der Waals surface area (Å²) in [6, 6.07) is 15.4. The highest BCUT2D eigenvalue weighted by Gasteiger charge is 2.43. The van der Waals surface area contributed by atoms with Gasteiger partial charge >= 0.3 is 0 Å². The zero-order chi connectivity index (χ0) is 21.4. The number of likely N-dealkylation sites (tertiary alicyclic amines) is 1. The summed E-state index contributed by atoms with van der Waals surface area (Å²) in [6.45, 7) is 0.946. The second-order valence-corrected chi connectivity index (χ2v) is 8.39. The first-order valence-electron chi connectivity index (χ1n) is 10.9. The fraction of sp³-hybridized carbons (Fsp3) is 0.458. The fourth-order valence-electron chi connectivity index (χ4n) is 4.91. The molecule has 0 spiro atoms. The number of amides is 1. The minimum atomic E-state index is -0.757. The summed E-state index contributed by atoms with van der Waals surface area (Å²) in [7, 11) is 1.65. The largest absolute Gasteiger partial charge is 0.497 e. The van der Waals surface area contributed by atoms with Crippen molar-refractivity contribution in [1.29, 1.82) is 0 Å². The number of aliphatic hydroxyl groups excluding tert-OH is 1. The van der Waals surface area contributed by atoms with Gasteiger partial charge in [-0.1, -0.05) is 30.3 Å². The van der Waals surface area contributed by atoms with Crippen molar-refractivity contribution in [3.05, 3.63) is 59.7 Å². The van der Waals surface area contributed by atoms with E-state index in [4.69, 9.17) is 14.2 Å². The number of nitrogens with one attached hydrogen (secondary N) is 1. The quantitative estimate of drug-likeness (QED) is 0.786. The van der Waals surface area contributed by atoms with Crippen LogP contribution in [0.2, 0.25) is 0 Å². The molecule has 3 aliphatic heterocycles. The van der Waals surface area contributed by atoms with E-state index in [0.717, 1.165) is 35.5 Å². The molecule has 3 aliphatic rings. The van der Waals surface area contributed by atoms with Crippen LogP contribution >= 0.6 is 0 Å². The molecule has 7 heteroatoms. The first kappa shape index (κ1) is 20.3. The Balaban J connectivity index is 1.44. The molecular formula is C24H28N2O5. The van der Waals surface area contributed by atoms with Crippen molar-refractivity contribution in [1.82, 2.24) is 4.90 Å². The second kappa shape index (κ2) is 8.49. The summed E-state index contributed by atoms with van der Waals surface area (Å²) in [5.41, 5.74) is 2.92. The Morgan fingerprint density at radius 2 is 2.03 bits per heavy atom. The molecule has 2 aromatic carbocycles. The van der Waals surface area contributed by atoms with Crippen LogP contribution in [0, 0.1) is 0 Å². The summed E-state index contributed by atoms with van der Waals surface area (Å²) >= 11 is 0. The Labute approximate surface area is 181 Å². The Kier molecular flexibility index (Phi) is 5.56. The summed E-state index contributed by atoms with van der Waals surface area (Å²) in [6.07, 6.45) is 0.358. The number of benzene rings is 2. The van der Waals surface area contributed by atoms with Gasteiger partial charge in [0.25, 0.3) is 0 Å². The third kappa shape index (κ3) is 3.89. The monoisotopic (exact) mass is 424 g/mol. The van der Waals surface area contributed by atoms with E-state index in [9.17, 15) is 9.90 Å². The highest BCUT2D eigenvalue weighted by atomic mass is 16.7. The summed E-state index contributed by atoms with van der Waals surface area (Å²) < 4.78 is 17.4. The van der Waals surface area contributed by atoms with Crippen molar-refractivity contribution in [2.75, 3.05) is 25.6 Å². The lowest BCUT2D eigenvalue weighted by Gasteiger charge is -2.44. The maximum Gasteiger partial charge on any atom is 0.223 e. The van der Waals surface area contributed by atoms with Crippen molar-refractivity contribution in [3.8, 4) is 5.75 Å². The molecule has 2 saturated heterocycles. The smallest absolute Gasteiger partial charge is 0.223 e. The molecule has 0 saturated carbocycles. The van der Waals surface area contributed by atoms with Crippen molar-refractivity contribution in [3.63, 3.8) is 0 Å². The van der Waals surface area contributed by atoms with E-state index in [2.05, 4.69) is 5.32 Å². The molecule has 2 fully saturated rings. The van der Waals surface area contributed by atoms with Gasteiger partial charge in [0, 0.05) is 29.8 Å². The normalized spacial score (nSPS) is 30.6.